The number of fused-ring (bicyclic) bond motifs is 1. The molecule has 1 heterocycles. The number of hydrogen-bond acceptors (Lipinski definition) is 4. The van der Waals surface area contributed by atoms with E-state index >= 15 is 0 Å². The minimum absolute atomic E-state index is 0.0420. The highest BCUT2D eigenvalue weighted by Crippen LogP contribution is 2.37. The first-order chi connectivity index (χ1) is 11.4. The van der Waals surface area contributed by atoms with E-state index in [1.54, 1.807) is 24.3 Å². The normalized spacial score (nSPS) is 19.3. The Morgan fingerprint density at radius 2 is 1.83 bits per heavy atom. The van der Waals surface area contributed by atoms with Gasteiger partial charge >= 0.3 is 0 Å². The Hall–Kier alpha value is -2.70. The maximum Gasteiger partial charge on any atom is 0.290 e. The molecule has 3 rings (SSSR count). The first-order valence-electron chi connectivity index (χ1n) is 8.02. The van der Waals surface area contributed by atoms with Crippen LogP contribution in [-0.2, 0) is 4.79 Å². The van der Waals surface area contributed by atoms with Crippen LogP contribution in [0.4, 0.5) is 0 Å². The molecule has 1 saturated carbocycles. The lowest BCUT2D eigenvalue weighted by Gasteiger charge is -2.13. The van der Waals surface area contributed by atoms with Crippen LogP contribution in [0.2, 0.25) is 0 Å². The van der Waals surface area contributed by atoms with Crippen LogP contribution in [-0.4, -0.2) is 21.6 Å². The average molecular weight is 328 g/mol. The molecule has 0 spiro atoms. The maximum absolute atomic E-state index is 12.5. The number of carbonyl (C=O) groups excluding carboxylic acids is 2. The molecule has 24 heavy (non-hydrogen) atoms. The number of benzene rings is 1. The van der Waals surface area contributed by atoms with Gasteiger partial charge in [0.15, 0.2) is 5.69 Å². The van der Waals surface area contributed by atoms with Gasteiger partial charge in [-0.25, -0.2) is 4.68 Å². The molecule has 2 aromatic rings. The van der Waals surface area contributed by atoms with Crippen LogP contribution in [0.25, 0.3) is 10.8 Å². The number of hydrogen-bond donors (Lipinski definition) is 2. The van der Waals surface area contributed by atoms with E-state index in [2.05, 4.69) is 16.0 Å². The molecule has 0 radical (unpaired) electrons. The van der Waals surface area contributed by atoms with Crippen molar-refractivity contribution in [1.82, 2.24) is 20.6 Å². The Bertz CT molecular complexity index is 872. The van der Waals surface area contributed by atoms with Gasteiger partial charge in [0.1, 0.15) is 0 Å². The zero-order valence-electron chi connectivity index (χ0n) is 13.9. The summed E-state index contributed by atoms with van der Waals surface area (Å²) in [7, 11) is 0. The molecule has 2 amide bonds. The molecule has 2 atom stereocenters. The van der Waals surface area contributed by atoms with Crippen molar-refractivity contribution in [3.8, 4) is 0 Å². The predicted octanol–water partition coefficient (Wildman–Crippen LogP) is 1.39. The first-order valence-corrected chi connectivity index (χ1v) is 8.02. The first kappa shape index (κ1) is 16.2. The van der Waals surface area contributed by atoms with Crippen molar-refractivity contribution >= 4 is 22.6 Å². The number of nitrogens with zero attached hydrogens (tertiary/aromatic N) is 2. The molecule has 2 N–H and O–H groups in total. The van der Waals surface area contributed by atoms with Crippen LogP contribution in [0.15, 0.2) is 29.1 Å². The largest absolute Gasteiger partial charge is 0.290 e. The third-order valence-electron chi connectivity index (χ3n) is 4.28. The Balaban J connectivity index is 1.92. The van der Waals surface area contributed by atoms with E-state index in [1.165, 1.54) is 4.68 Å². The maximum atomic E-state index is 12.5. The van der Waals surface area contributed by atoms with E-state index in [4.69, 9.17) is 0 Å². The quantitative estimate of drug-likeness (QED) is 0.833. The van der Waals surface area contributed by atoms with Gasteiger partial charge in [0.05, 0.1) is 11.4 Å². The highest BCUT2D eigenvalue weighted by molar-refractivity contribution is 6.05. The van der Waals surface area contributed by atoms with Gasteiger partial charge < -0.3 is 0 Å². The zero-order chi connectivity index (χ0) is 17.4. The second-order valence-corrected chi connectivity index (χ2v) is 6.50. The zero-order valence-corrected chi connectivity index (χ0v) is 13.9. The van der Waals surface area contributed by atoms with Crippen molar-refractivity contribution in [2.24, 2.45) is 11.8 Å². The van der Waals surface area contributed by atoms with Gasteiger partial charge in [-0.3, -0.25) is 25.2 Å². The van der Waals surface area contributed by atoms with Gasteiger partial charge in [-0.1, -0.05) is 25.1 Å². The van der Waals surface area contributed by atoms with E-state index in [0.717, 1.165) is 6.42 Å². The summed E-state index contributed by atoms with van der Waals surface area (Å²) >= 11 is 0. The van der Waals surface area contributed by atoms with Crippen LogP contribution in [0, 0.1) is 11.8 Å². The van der Waals surface area contributed by atoms with Gasteiger partial charge in [-0.2, -0.15) is 5.10 Å². The Morgan fingerprint density at radius 3 is 2.42 bits per heavy atom. The van der Waals surface area contributed by atoms with Crippen LogP contribution >= 0.6 is 0 Å². The standard InChI is InChI=1S/C17H20N4O3/c1-9(2)21-17(24)12-7-5-4-6-11(12)14(20-21)16(23)19-18-15(22)13-8-10(13)3/h4-7,9-10,13H,8H2,1-3H3,(H,18,22)(H,19,23)/t10-,13-/m1/s1. The third-order valence-corrected chi connectivity index (χ3v) is 4.28. The minimum Gasteiger partial charge on any atom is -0.273 e. The molecule has 7 nitrogen and oxygen atoms in total. The number of amides is 2. The molecule has 0 bridgehead atoms. The van der Waals surface area contributed by atoms with Gasteiger partial charge in [0.2, 0.25) is 5.91 Å². The molecular weight excluding hydrogens is 308 g/mol. The Morgan fingerprint density at radius 1 is 1.21 bits per heavy atom. The van der Waals surface area contributed by atoms with Crippen LogP contribution in [0.3, 0.4) is 0 Å². The molecule has 1 aromatic carbocycles. The average Bonchev–Trinajstić information content (AvgIpc) is 3.29. The fraction of sp³-hybridized carbons (Fsp3) is 0.412. The SMILES string of the molecule is CC(C)n1nc(C(=O)NNC(=O)[C@@H]2C[C@H]2C)c2ccccc2c1=O. The molecule has 1 fully saturated rings. The van der Waals surface area contributed by atoms with Gasteiger partial charge in [0, 0.05) is 11.3 Å². The van der Waals surface area contributed by atoms with E-state index in [0.29, 0.717) is 16.7 Å². The van der Waals surface area contributed by atoms with E-state index in [9.17, 15) is 14.4 Å². The summed E-state index contributed by atoms with van der Waals surface area (Å²) in [4.78, 5) is 36.8. The lowest BCUT2D eigenvalue weighted by molar-refractivity contribution is -0.123. The van der Waals surface area contributed by atoms with Crippen molar-refractivity contribution in [2.45, 2.75) is 33.2 Å². The Kier molecular flexibility index (Phi) is 4.09. The highest BCUT2D eigenvalue weighted by atomic mass is 16.2. The fourth-order valence-electron chi connectivity index (χ4n) is 2.68. The van der Waals surface area contributed by atoms with Gasteiger partial charge in [0.25, 0.3) is 11.5 Å². The molecule has 0 unspecified atom stereocenters. The van der Waals surface area contributed by atoms with Crippen molar-refractivity contribution in [1.29, 1.82) is 0 Å². The molecule has 1 aliphatic rings. The number of hydrazine groups is 1. The van der Waals surface area contributed by atoms with Gasteiger partial charge in [-0.05, 0) is 32.3 Å². The second-order valence-electron chi connectivity index (χ2n) is 6.50. The minimum atomic E-state index is -0.540. The van der Waals surface area contributed by atoms with Crippen LogP contribution < -0.4 is 16.4 Å². The fourth-order valence-corrected chi connectivity index (χ4v) is 2.68. The molecule has 7 heteroatoms. The lowest BCUT2D eigenvalue weighted by atomic mass is 10.1. The number of carbonyl (C=O) groups is 2. The topological polar surface area (TPSA) is 93.1 Å². The Labute approximate surface area is 139 Å². The summed E-state index contributed by atoms with van der Waals surface area (Å²) in [5.41, 5.74) is 4.71. The van der Waals surface area contributed by atoms with Crippen molar-refractivity contribution in [3.63, 3.8) is 0 Å². The number of aromatic nitrogens is 2. The van der Waals surface area contributed by atoms with Crippen LogP contribution in [0.5, 0.6) is 0 Å². The summed E-state index contributed by atoms with van der Waals surface area (Å²) in [6.07, 6.45) is 0.834. The summed E-state index contributed by atoms with van der Waals surface area (Å²) in [5.74, 6) is -0.428. The molecule has 0 saturated heterocycles. The summed E-state index contributed by atoms with van der Waals surface area (Å²) in [5, 5.41) is 5.08. The van der Waals surface area contributed by atoms with E-state index in [1.807, 2.05) is 20.8 Å². The van der Waals surface area contributed by atoms with Gasteiger partial charge in [-0.15, -0.1) is 0 Å². The monoisotopic (exact) mass is 328 g/mol. The molecule has 1 aliphatic carbocycles. The van der Waals surface area contributed by atoms with Crippen molar-refractivity contribution < 1.29 is 9.59 Å². The molecule has 126 valence electrons. The molecule has 0 aliphatic heterocycles. The highest BCUT2D eigenvalue weighted by Gasteiger charge is 2.39. The third kappa shape index (κ3) is 2.89. The van der Waals surface area contributed by atoms with Crippen molar-refractivity contribution in [2.75, 3.05) is 0 Å². The van der Waals surface area contributed by atoms with Crippen molar-refractivity contribution in [3.05, 3.63) is 40.3 Å². The van der Waals surface area contributed by atoms with E-state index < -0.39 is 5.91 Å². The second kappa shape index (κ2) is 6.07. The summed E-state index contributed by atoms with van der Waals surface area (Å²) in [6.45, 7) is 5.63. The summed E-state index contributed by atoms with van der Waals surface area (Å²) < 4.78 is 1.28. The van der Waals surface area contributed by atoms with E-state index in [-0.39, 0.29) is 29.1 Å². The molecule has 1 aromatic heterocycles. The number of rotatable bonds is 3. The lowest BCUT2D eigenvalue weighted by Crippen LogP contribution is -2.43. The predicted molar refractivity (Wildman–Crippen MR) is 89.3 cm³/mol. The number of nitrogens with one attached hydrogen (secondary N) is 2. The molecular formula is C17H20N4O3. The summed E-state index contributed by atoms with van der Waals surface area (Å²) in [6, 6.07) is 6.64. The smallest absolute Gasteiger partial charge is 0.273 e. The van der Waals surface area contributed by atoms with Crippen LogP contribution in [0.1, 0.15) is 43.7 Å².